The van der Waals surface area contributed by atoms with E-state index in [1.54, 1.807) is 31.5 Å². The fraction of sp³-hybridized carbons (Fsp3) is 0.107. The van der Waals surface area contributed by atoms with Crippen molar-refractivity contribution in [1.29, 1.82) is 0 Å². The first-order valence-electron chi connectivity index (χ1n) is 11.3. The lowest BCUT2D eigenvalue weighted by molar-refractivity contribution is -0.115. The van der Waals surface area contributed by atoms with E-state index in [1.165, 1.54) is 12.1 Å². The number of amides is 1. The number of pyridine rings is 1. The minimum atomic E-state index is -0.327. The molecule has 1 aromatic heterocycles. The van der Waals surface area contributed by atoms with Crippen molar-refractivity contribution >= 4 is 29.1 Å². The number of methoxy groups -OCH3 is 1. The van der Waals surface area contributed by atoms with Gasteiger partial charge in [0.25, 0.3) is 0 Å². The number of anilines is 2. The Kier molecular flexibility index (Phi) is 7.55. The van der Waals surface area contributed by atoms with Crippen LogP contribution in [0.5, 0.6) is 5.75 Å². The van der Waals surface area contributed by atoms with Crippen LogP contribution in [0.2, 0.25) is 0 Å². The van der Waals surface area contributed by atoms with Gasteiger partial charge >= 0.3 is 0 Å². The van der Waals surface area contributed by atoms with Crippen molar-refractivity contribution in [3.63, 3.8) is 0 Å². The molecule has 4 rings (SSSR count). The first-order valence-corrected chi connectivity index (χ1v) is 11.3. The van der Waals surface area contributed by atoms with Crippen LogP contribution in [-0.2, 0) is 11.2 Å². The Hall–Kier alpha value is -4.72. The third-order valence-corrected chi connectivity index (χ3v) is 5.38. The number of benzene rings is 3. The van der Waals surface area contributed by atoms with Gasteiger partial charge in [-0.15, -0.1) is 0 Å². The van der Waals surface area contributed by atoms with E-state index in [-0.39, 0.29) is 24.1 Å². The molecule has 0 saturated heterocycles. The number of rotatable bonds is 7. The molecule has 7 nitrogen and oxygen atoms in total. The van der Waals surface area contributed by atoms with Gasteiger partial charge in [-0.2, -0.15) is 4.99 Å². The second-order valence-corrected chi connectivity index (χ2v) is 8.16. The summed E-state index contributed by atoms with van der Waals surface area (Å²) in [5.41, 5.74) is 11.1. The van der Waals surface area contributed by atoms with E-state index >= 15 is 0 Å². The van der Waals surface area contributed by atoms with E-state index in [0.717, 1.165) is 22.3 Å². The van der Waals surface area contributed by atoms with E-state index in [1.807, 2.05) is 55.5 Å². The number of hydrogen-bond acceptors (Lipinski definition) is 4. The van der Waals surface area contributed by atoms with Crippen molar-refractivity contribution < 1.29 is 13.9 Å². The normalized spacial score (nSPS) is 11.1. The van der Waals surface area contributed by atoms with Gasteiger partial charge < -0.3 is 21.1 Å². The molecule has 3 aromatic carbocycles. The van der Waals surface area contributed by atoms with Crippen molar-refractivity contribution in [3.05, 3.63) is 102 Å². The number of aryl methyl sites for hydroxylation is 1. The van der Waals surface area contributed by atoms with Crippen molar-refractivity contribution in [1.82, 2.24) is 4.98 Å². The van der Waals surface area contributed by atoms with E-state index in [9.17, 15) is 9.18 Å². The van der Waals surface area contributed by atoms with Crippen LogP contribution in [0.3, 0.4) is 0 Å². The Morgan fingerprint density at radius 3 is 2.36 bits per heavy atom. The van der Waals surface area contributed by atoms with Gasteiger partial charge in [0.1, 0.15) is 11.6 Å². The first-order chi connectivity index (χ1) is 17.4. The van der Waals surface area contributed by atoms with Crippen LogP contribution < -0.4 is 21.1 Å². The molecule has 0 fully saturated rings. The van der Waals surface area contributed by atoms with Crippen LogP contribution in [0.15, 0.2) is 90.1 Å². The summed E-state index contributed by atoms with van der Waals surface area (Å²) >= 11 is 0. The second-order valence-electron chi connectivity index (χ2n) is 8.16. The molecule has 0 radical (unpaired) electrons. The third kappa shape index (κ3) is 6.44. The summed E-state index contributed by atoms with van der Waals surface area (Å²) in [7, 11) is 1.60. The highest BCUT2D eigenvalue weighted by atomic mass is 19.1. The number of carbonyl (C=O) groups is 1. The number of nitrogens with one attached hydrogen (secondary N) is 2. The maximum atomic E-state index is 13.0. The highest BCUT2D eigenvalue weighted by Gasteiger charge is 2.07. The fourth-order valence-electron chi connectivity index (χ4n) is 3.55. The zero-order valence-electron chi connectivity index (χ0n) is 20.0. The summed E-state index contributed by atoms with van der Waals surface area (Å²) in [6.45, 7) is 1.98. The lowest BCUT2D eigenvalue weighted by atomic mass is 10.1. The Labute approximate surface area is 208 Å². The molecule has 0 aliphatic heterocycles. The van der Waals surface area contributed by atoms with E-state index < -0.39 is 0 Å². The molecule has 1 heterocycles. The zero-order chi connectivity index (χ0) is 25.5. The number of hydrogen-bond donors (Lipinski definition) is 3. The van der Waals surface area contributed by atoms with Crippen LogP contribution in [0.1, 0.15) is 11.1 Å². The number of aromatic nitrogens is 1. The number of aliphatic imine (C=N–C) groups is 1. The maximum absolute atomic E-state index is 13.0. The largest absolute Gasteiger partial charge is 0.495 e. The molecular formula is C28H26FN5O2. The lowest BCUT2D eigenvalue weighted by Crippen LogP contribution is -2.22. The van der Waals surface area contributed by atoms with Crippen molar-refractivity contribution in [3.8, 4) is 16.9 Å². The average Bonchev–Trinajstić information content (AvgIpc) is 2.87. The van der Waals surface area contributed by atoms with Crippen LogP contribution in [-0.4, -0.2) is 24.0 Å². The topological polar surface area (TPSA) is 102 Å². The summed E-state index contributed by atoms with van der Waals surface area (Å²) in [5, 5.41) is 5.88. The van der Waals surface area contributed by atoms with Crippen LogP contribution in [0.4, 0.5) is 21.6 Å². The summed E-state index contributed by atoms with van der Waals surface area (Å²) in [6, 6.07) is 22.7. The molecule has 0 aliphatic carbocycles. The highest BCUT2D eigenvalue weighted by molar-refractivity contribution is 5.95. The summed E-state index contributed by atoms with van der Waals surface area (Å²) < 4.78 is 18.4. The smallest absolute Gasteiger partial charge is 0.228 e. The number of guanidine groups is 1. The average molecular weight is 484 g/mol. The van der Waals surface area contributed by atoms with Crippen molar-refractivity contribution in [2.24, 2.45) is 10.7 Å². The van der Waals surface area contributed by atoms with Crippen LogP contribution in [0, 0.1) is 12.7 Å². The van der Waals surface area contributed by atoms with E-state index in [0.29, 0.717) is 22.9 Å². The summed E-state index contributed by atoms with van der Waals surface area (Å²) in [4.78, 5) is 21.0. The number of nitrogens with two attached hydrogens (primary N) is 1. The quantitative estimate of drug-likeness (QED) is 0.240. The van der Waals surface area contributed by atoms with Crippen molar-refractivity contribution in [2.45, 2.75) is 13.3 Å². The number of carbonyl (C=O) groups excluding carboxylic acids is 1. The van der Waals surface area contributed by atoms with Gasteiger partial charge in [0.05, 0.1) is 19.2 Å². The van der Waals surface area contributed by atoms with Crippen molar-refractivity contribution in [2.75, 3.05) is 17.7 Å². The molecule has 8 heteroatoms. The second kappa shape index (κ2) is 11.1. The number of ether oxygens (including phenoxy) is 1. The Balaban J connectivity index is 1.37. The van der Waals surface area contributed by atoms with Crippen LogP contribution >= 0.6 is 0 Å². The number of halogens is 1. The predicted octanol–water partition coefficient (Wildman–Crippen LogP) is 5.44. The van der Waals surface area contributed by atoms with Gasteiger partial charge in [-0.3, -0.25) is 4.79 Å². The minimum absolute atomic E-state index is 0.169. The Morgan fingerprint density at radius 2 is 1.69 bits per heavy atom. The maximum Gasteiger partial charge on any atom is 0.228 e. The molecule has 36 heavy (non-hydrogen) atoms. The standard InChI is InChI=1S/C28H26FN5O2/c1-18-3-13-24(25(15-18)36-2)33-28(30)34-26-14-8-21(17-31-26)20-6-11-23(12-7-20)32-27(35)16-19-4-9-22(29)10-5-19/h3-15,17H,16H2,1-2H3,(H,32,35)(H3,30,31,33,34). The molecule has 0 bridgehead atoms. The van der Waals surface area contributed by atoms with Gasteiger partial charge in [0, 0.05) is 17.4 Å². The molecule has 4 aromatic rings. The van der Waals surface area contributed by atoms with Gasteiger partial charge in [-0.1, -0.05) is 30.3 Å². The molecule has 0 spiro atoms. The first kappa shape index (κ1) is 24.4. The Morgan fingerprint density at radius 1 is 0.972 bits per heavy atom. The van der Waals surface area contributed by atoms with Gasteiger partial charge in [-0.05, 0) is 72.1 Å². The SMILES string of the molecule is COc1cc(C)ccc1NC(N)=Nc1ccc(-c2ccc(NC(=O)Cc3ccc(F)cc3)cc2)cn1. The summed E-state index contributed by atoms with van der Waals surface area (Å²) in [5.74, 6) is 0.823. The monoisotopic (exact) mass is 483 g/mol. The third-order valence-electron chi connectivity index (χ3n) is 5.38. The van der Waals surface area contributed by atoms with Crippen LogP contribution in [0.25, 0.3) is 11.1 Å². The van der Waals surface area contributed by atoms with Gasteiger partial charge in [0.15, 0.2) is 11.8 Å². The molecule has 0 aliphatic rings. The van der Waals surface area contributed by atoms with E-state index in [2.05, 4.69) is 20.6 Å². The molecule has 1 amide bonds. The molecule has 0 saturated carbocycles. The predicted molar refractivity (Wildman–Crippen MR) is 141 cm³/mol. The lowest BCUT2D eigenvalue weighted by Gasteiger charge is -2.11. The van der Waals surface area contributed by atoms with Gasteiger partial charge in [-0.25, -0.2) is 9.37 Å². The highest BCUT2D eigenvalue weighted by Crippen LogP contribution is 2.26. The zero-order valence-corrected chi connectivity index (χ0v) is 20.0. The molecule has 0 atom stereocenters. The molecule has 182 valence electrons. The number of nitrogens with zero attached hydrogens (tertiary/aromatic N) is 2. The molecule has 0 unspecified atom stereocenters. The van der Waals surface area contributed by atoms with Gasteiger partial charge in [0.2, 0.25) is 5.91 Å². The summed E-state index contributed by atoms with van der Waals surface area (Å²) in [6.07, 6.45) is 1.88. The van der Waals surface area contributed by atoms with E-state index in [4.69, 9.17) is 10.5 Å². The Bertz CT molecular complexity index is 1370. The molecular weight excluding hydrogens is 457 g/mol. The molecule has 4 N–H and O–H groups in total. The fourth-order valence-corrected chi connectivity index (χ4v) is 3.55. The minimum Gasteiger partial charge on any atom is -0.495 e.